The summed E-state index contributed by atoms with van der Waals surface area (Å²) in [6.45, 7) is 10.0. The van der Waals surface area contributed by atoms with Crippen molar-refractivity contribution in [1.29, 1.82) is 5.26 Å². The van der Waals surface area contributed by atoms with Crippen molar-refractivity contribution in [2.45, 2.75) is 59.0 Å². The van der Waals surface area contributed by atoms with Crippen LogP contribution in [0.5, 0.6) is 0 Å². The molecular weight excluding hydrogens is 198 g/mol. The van der Waals surface area contributed by atoms with Gasteiger partial charge in [0.25, 0.3) is 0 Å². The van der Waals surface area contributed by atoms with E-state index in [2.05, 4.69) is 33.8 Å². The molecule has 0 aromatic carbocycles. The lowest BCUT2D eigenvalue weighted by atomic mass is 9.57. The van der Waals surface area contributed by atoms with E-state index in [1.165, 1.54) is 6.42 Å². The molecule has 0 aromatic heterocycles. The lowest BCUT2D eigenvalue weighted by Crippen LogP contribution is -2.49. The molecule has 16 heavy (non-hydrogen) atoms. The van der Waals surface area contributed by atoms with Gasteiger partial charge in [-0.2, -0.15) is 5.26 Å². The van der Waals surface area contributed by atoms with Gasteiger partial charge in [-0.1, -0.05) is 27.7 Å². The summed E-state index contributed by atoms with van der Waals surface area (Å²) in [4.78, 5) is 0. The average molecular weight is 221 g/mol. The van der Waals surface area contributed by atoms with Gasteiger partial charge < -0.3 is 4.74 Å². The summed E-state index contributed by atoms with van der Waals surface area (Å²) in [6, 6.07) is 2.48. The van der Waals surface area contributed by atoms with E-state index in [0.29, 0.717) is 10.8 Å². The highest BCUT2D eigenvalue weighted by molar-refractivity contribution is 5.10. The van der Waals surface area contributed by atoms with Crippen LogP contribution in [0.15, 0.2) is 0 Å². The lowest BCUT2D eigenvalue weighted by Gasteiger charge is -2.51. The number of ether oxygens (including phenoxy) is 1. The Hall–Kier alpha value is -0.550. The van der Waals surface area contributed by atoms with Gasteiger partial charge in [0, 0.05) is 6.61 Å². The molecule has 2 rings (SSSR count). The number of nitrogens with zero attached hydrogens (tertiary/aromatic N) is 1. The molecule has 2 nitrogen and oxygen atoms in total. The molecule has 1 aliphatic heterocycles. The summed E-state index contributed by atoms with van der Waals surface area (Å²) in [6.07, 6.45) is 4.23. The summed E-state index contributed by atoms with van der Waals surface area (Å²) < 4.78 is 6.03. The Bertz CT molecular complexity index is 308. The zero-order valence-corrected chi connectivity index (χ0v) is 11.0. The molecule has 2 heteroatoms. The largest absolute Gasteiger partial charge is 0.374 e. The SMILES string of the molecule is CC1(C)CC(C)(C)CC2(C1)OCCC2C#N. The van der Waals surface area contributed by atoms with Gasteiger partial charge >= 0.3 is 0 Å². The highest BCUT2D eigenvalue weighted by atomic mass is 16.5. The number of hydrogen-bond donors (Lipinski definition) is 0. The highest BCUT2D eigenvalue weighted by Gasteiger charge is 2.54. The molecule has 1 unspecified atom stereocenters. The third-order valence-corrected chi connectivity index (χ3v) is 4.10. The quantitative estimate of drug-likeness (QED) is 0.627. The fraction of sp³-hybridized carbons (Fsp3) is 0.929. The number of nitriles is 1. The molecule has 2 aliphatic rings. The molecule has 0 aromatic rings. The first-order chi connectivity index (χ1) is 7.29. The van der Waals surface area contributed by atoms with Crippen LogP contribution in [-0.2, 0) is 4.74 Å². The Kier molecular flexibility index (Phi) is 2.58. The molecule has 1 heterocycles. The van der Waals surface area contributed by atoms with Crippen LogP contribution in [-0.4, -0.2) is 12.2 Å². The van der Waals surface area contributed by atoms with Crippen LogP contribution in [0.4, 0.5) is 0 Å². The Morgan fingerprint density at radius 2 is 1.62 bits per heavy atom. The van der Waals surface area contributed by atoms with Crippen molar-refractivity contribution in [2.75, 3.05) is 6.61 Å². The highest BCUT2D eigenvalue weighted by Crippen LogP contribution is 2.56. The van der Waals surface area contributed by atoms with Crippen molar-refractivity contribution in [3.63, 3.8) is 0 Å². The van der Waals surface area contributed by atoms with Crippen LogP contribution in [0, 0.1) is 28.1 Å². The van der Waals surface area contributed by atoms with E-state index in [-0.39, 0.29) is 11.5 Å². The zero-order valence-electron chi connectivity index (χ0n) is 11.0. The third-order valence-electron chi connectivity index (χ3n) is 4.10. The molecule has 1 spiro atoms. The molecule has 1 aliphatic carbocycles. The van der Waals surface area contributed by atoms with Crippen LogP contribution in [0.1, 0.15) is 53.4 Å². The normalized spacial score (nSPS) is 34.8. The summed E-state index contributed by atoms with van der Waals surface area (Å²) in [5.41, 5.74) is 0.433. The van der Waals surface area contributed by atoms with E-state index in [9.17, 15) is 5.26 Å². The first kappa shape index (κ1) is 11.9. The maximum Gasteiger partial charge on any atom is 0.0851 e. The van der Waals surface area contributed by atoms with E-state index >= 15 is 0 Å². The van der Waals surface area contributed by atoms with Crippen LogP contribution in [0.2, 0.25) is 0 Å². The van der Waals surface area contributed by atoms with Gasteiger partial charge in [-0.15, -0.1) is 0 Å². The Morgan fingerprint density at radius 1 is 1.06 bits per heavy atom. The minimum Gasteiger partial charge on any atom is -0.374 e. The number of rotatable bonds is 0. The Balaban J connectivity index is 2.31. The van der Waals surface area contributed by atoms with Gasteiger partial charge in [0.1, 0.15) is 0 Å². The minimum absolute atomic E-state index is 0.103. The molecule has 0 amide bonds. The van der Waals surface area contributed by atoms with Crippen molar-refractivity contribution in [2.24, 2.45) is 16.7 Å². The molecule has 0 radical (unpaired) electrons. The van der Waals surface area contributed by atoms with Gasteiger partial charge in [-0.25, -0.2) is 0 Å². The van der Waals surface area contributed by atoms with E-state index in [4.69, 9.17) is 4.74 Å². The maximum atomic E-state index is 9.29. The third kappa shape index (κ3) is 1.98. The standard InChI is InChI=1S/C14H23NO/c1-12(2)8-13(3,4)10-14(9-12)11(7-15)5-6-16-14/h11H,5-6,8-10H2,1-4H3. The van der Waals surface area contributed by atoms with Gasteiger partial charge in [0.2, 0.25) is 0 Å². The Morgan fingerprint density at radius 3 is 2.12 bits per heavy atom. The lowest BCUT2D eigenvalue weighted by molar-refractivity contribution is -0.111. The second kappa shape index (κ2) is 3.47. The van der Waals surface area contributed by atoms with Crippen molar-refractivity contribution in [3.05, 3.63) is 0 Å². The van der Waals surface area contributed by atoms with Crippen molar-refractivity contribution in [1.82, 2.24) is 0 Å². The average Bonchev–Trinajstić information content (AvgIpc) is 2.40. The van der Waals surface area contributed by atoms with Crippen LogP contribution in [0.3, 0.4) is 0 Å². The second-order valence-corrected chi connectivity index (χ2v) is 7.24. The molecule has 90 valence electrons. The summed E-state index contributed by atoms with van der Waals surface area (Å²) in [7, 11) is 0. The first-order valence-corrected chi connectivity index (χ1v) is 6.32. The van der Waals surface area contributed by atoms with Crippen molar-refractivity contribution >= 4 is 0 Å². The minimum atomic E-state index is -0.153. The first-order valence-electron chi connectivity index (χ1n) is 6.32. The topological polar surface area (TPSA) is 33.0 Å². The summed E-state index contributed by atoms with van der Waals surface area (Å²) >= 11 is 0. The van der Waals surface area contributed by atoms with E-state index < -0.39 is 0 Å². The van der Waals surface area contributed by atoms with Gasteiger partial charge in [0.05, 0.1) is 17.6 Å². The summed E-state index contributed by atoms with van der Waals surface area (Å²) in [5, 5.41) is 9.29. The second-order valence-electron chi connectivity index (χ2n) is 7.24. The van der Waals surface area contributed by atoms with E-state index in [1.807, 2.05) is 0 Å². The molecule has 0 N–H and O–H groups in total. The number of hydrogen-bond acceptors (Lipinski definition) is 2. The fourth-order valence-corrected chi connectivity index (χ4v) is 4.38. The van der Waals surface area contributed by atoms with Gasteiger partial charge in [-0.3, -0.25) is 0 Å². The van der Waals surface area contributed by atoms with Gasteiger partial charge in [0.15, 0.2) is 0 Å². The molecule has 1 saturated heterocycles. The van der Waals surface area contributed by atoms with Gasteiger partial charge in [-0.05, 0) is 36.5 Å². The van der Waals surface area contributed by atoms with Crippen molar-refractivity contribution in [3.8, 4) is 6.07 Å². The van der Waals surface area contributed by atoms with Crippen LogP contribution in [0.25, 0.3) is 0 Å². The van der Waals surface area contributed by atoms with Crippen LogP contribution >= 0.6 is 0 Å². The Labute approximate surface area is 99.0 Å². The molecule has 0 bridgehead atoms. The predicted octanol–water partition coefficient (Wildman–Crippen LogP) is 3.52. The molecular formula is C14H23NO. The zero-order chi connectivity index (χ0) is 12.0. The van der Waals surface area contributed by atoms with E-state index in [0.717, 1.165) is 25.9 Å². The molecule has 1 atom stereocenters. The fourth-order valence-electron chi connectivity index (χ4n) is 4.38. The molecule has 1 saturated carbocycles. The predicted molar refractivity (Wildman–Crippen MR) is 63.8 cm³/mol. The van der Waals surface area contributed by atoms with Crippen LogP contribution < -0.4 is 0 Å². The monoisotopic (exact) mass is 221 g/mol. The maximum absolute atomic E-state index is 9.29. The summed E-state index contributed by atoms with van der Waals surface area (Å²) in [5.74, 6) is 0.103. The van der Waals surface area contributed by atoms with E-state index in [1.54, 1.807) is 0 Å². The van der Waals surface area contributed by atoms with Crippen molar-refractivity contribution < 1.29 is 4.74 Å². The smallest absolute Gasteiger partial charge is 0.0851 e. The molecule has 2 fully saturated rings.